The summed E-state index contributed by atoms with van der Waals surface area (Å²) >= 11 is 5.83. The number of rotatable bonds is 7. The predicted octanol–water partition coefficient (Wildman–Crippen LogP) is 2.59. The van der Waals surface area contributed by atoms with Crippen LogP contribution in [0.25, 0.3) is 5.69 Å². The number of urea groups is 1. The Kier molecular flexibility index (Phi) is 8.71. The smallest absolute Gasteiger partial charge is 0.391 e. The number of carbonyl (C=O) groups excluding carboxylic acids is 2. The first kappa shape index (κ1) is 29.0. The molecule has 2 heterocycles. The number of β-amino-alcohol motifs (C(OH)–C–C–N with tert-alkyl or cyclic N) is 1. The molecule has 4 N–H and O–H groups in total. The lowest BCUT2D eigenvalue weighted by atomic mass is 10.1. The van der Waals surface area contributed by atoms with E-state index in [0.717, 1.165) is 0 Å². The molecule has 1 fully saturated rings. The maximum atomic E-state index is 13.1. The molecular weight excluding hydrogens is 555 g/mol. The molecule has 0 radical (unpaired) electrons. The standard InChI is InChI=1S/C25H25ClF3N7O4/c26-16-7-5-15(6-8-16)22(30)35(13-20(38)25(27,28)29)24(40)31-11-21-32-14-36(33-21)19-4-2-1-3-18(19)23(39)34-10-9-17(37)12-34/h1-8,14,17,20,30,37-38H,9-13H2,(H,31,40)/t17-,20+/m1/s1. The van der Waals surface area contributed by atoms with E-state index in [1.807, 2.05) is 0 Å². The van der Waals surface area contributed by atoms with Gasteiger partial charge >= 0.3 is 12.2 Å². The highest BCUT2D eigenvalue weighted by atomic mass is 35.5. The molecule has 2 aromatic carbocycles. The van der Waals surface area contributed by atoms with Crippen LogP contribution in [0.2, 0.25) is 5.02 Å². The first-order chi connectivity index (χ1) is 18.9. The molecule has 2 atom stereocenters. The lowest BCUT2D eigenvalue weighted by molar-refractivity contribution is -0.204. The zero-order valence-electron chi connectivity index (χ0n) is 20.8. The molecule has 3 aromatic rings. The van der Waals surface area contributed by atoms with Gasteiger partial charge in [0.05, 0.1) is 30.4 Å². The molecule has 0 spiro atoms. The summed E-state index contributed by atoms with van der Waals surface area (Å²) in [7, 11) is 0. The van der Waals surface area contributed by atoms with Gasteiger partial charge in [0.2, 0.25) is 0 Å². The van der Waals surface area contributed by atoms with E-state index in [4.69, 9.17) is 17.0 Å². The molecule has 0 unspecified atom stereocenters. The highest BCUT2D eigenvalue weighted by molar-refractivity contribution is 6.30. The van der Waals surface area contributed by atoms with Gasteiger partial charge in [-0.3, -0.25) is 15.1 Å². The van der Waals surface area contributed by atoms with Crippen molar-refractivity contribution in [2.75, 3.05) is 19.6 Å². The third kappa shape index (κ3) is 6.76. The van der Waals surface area contributed by atoms with Crippen LogP contribution in [0.15, 0.2) is 54.9 Å². The lowest BCUT2D eigenvalue weighted by Crippen LogP contribution is -2.50. The fraction of sp³-hybridized carbons (Fsp3) is 0.320. The number of nitrogens with one attached hydrogen (secondary N) is 2. The maximum absolute atomic E-state index is 13.1. The van der Waals surface area contributed by atoms with Crippen molar-refractivity contribution < 1.29 is 33.0 Å². The van der Waals surface area contributed by atoms with Gasteiger partial charge in [-0.05, 0) is 42.8 Å². The molecule has 1 aliphatic rings. The van der Waals surface area contributed by atoms with E-state index in [1.54, 1.807) is 24.3 Å². The molecule has 1 aliphatic heterocycles. The van der Waals surface area contributed by atoms with E-state index in [2.05, 4.69) is 15.4 Å². The fourth-order valence-corrected chi connectivity index (χ4v) is 4.14. The quantitative estimate of drug-likeness (QED) is 0.250. The number of hydrogen-bond donors (Lipinski definition) is 4. The summed E-state index contributed by atoms with van der Waals surface area (Å²) < 4.78 is 40.5. The first-order valence-electron chi connectivity index (χ1n) is 12.1. The number of amidine groups is 1. The van der Waals surface area contributed by atoms with Crippen LogP contribution >= 0.6 is 11.6 Å². The zero-order valence-corrected chi connectivity index (χ0v) is 21.6. The van der Waals surface area contributed by atoms with Crippen LogP contribution in [0, 0.1) is 5.41 Å². The van der Waals surface area contributed by atoms with Crippen molar-refractivity contribution in [1.29, 1.82) is 5.41 Å². The van der Waals surface area contributed by atoms with Crippen LogP contribution in [0.4, 0.5) is 18.0 Å². The highest BCUT2D eigenvalue weighted by Crippen LogP contribution is 2.22. The lowest BCUT2D eigenvalue weighted by Gasteiger charge is -2.26. The molecule has 1 aromatic heterocycles. The van der Waals surface area contributed by atoms with Crippen LogP contribution in [0.5, 0.6) is 0 Å². The van der Waals surface area contributed by atoms with Crippen LogP contribution < -0.4 is 5.32 Å². The van der Waals surface area contributed by atoms with Crippen molar-refractivity contribution in [3.63, 3.8) is 0 Å². The van der Waals surface area contributed by atoms with Gasteiger partial charge in [0.15, 0.2) is 11.9 Å². The fourth-order valence-electron chi connectivity index (χ4n) is 4.01. The zero-order chi connectivity index (χ0) is 29.0. The van der Waals surface area contributed by atoms with Crippen molar-refractivity contribution in [2.45, 2.75) is 31.3 Å². The molecule has 3 amide bonds. The highest BCUT2D eigenvalue weighted by Gasteiger charge is 2.41. The van der Waals surface area contributed by atoms with Gasteiger partial charge in [-0.15, -0.1) is 5.10 Å². The van der Waals surface area contributed by atoms with Crippen LogP contribution in [0.1, 0.15) is 28.2 Å². The summed E-state index contributed by atoms with van der Waals surface area (Å²) in [4.78, 5) is 32.0. The SMILES string of the molecule is N=C(c1ccc(Cl)cc1)N(C[C@H](O)C(F)(F)F)C(=O)NCc1ncn(-c2ccccc2C(=O)N2CC[C@@H](O)C2)n1. The Morgan fingerprint density at radius 2 is 1.90 bits per heavy atom. The predicted molar refractivity (Wildman–Crippen MR) is 137 cm³/mol. The summed E-state index contributed by atoms with van der Waals surface area (Å²) in [5, 5.41) is 34.6. The van der Waals surface area contributed by atoms with Crippen molar-refractivity contribution in [3.8, 4) is 5.69 Å². The summed E-state index contributed by atoms with van der Waals surface area (Å²) in [6.45, 7) is -0.925. The number of aromatic nitrogens is 3. The first-order valence-corrected chi connectivity index (χ1v) is 12.4. The van der Waals surface area contributed by atoms with Gasteiger partial charge in [-0.1, -0.05) is 23.7 Å². The number of aliphatic hydroxyl groups excluding tert-OH is 2. The number of para-hydroxylation sites is 1. The summed E-state index contributed by atoms with van der Waals surface area (Å²) in [6.07, 6.45) is -6.71. The minimum atomic E-state index is -5.02. The molecule has 11 nitrogen and oxygen atoms in total. The largest absolute Gasteiger partial charge is 0.416 e. The maximum Gasteiger partial charge on any atom is 0.416 e. The average Bonchev–Trinajstić information content (AvgIpc) is 3.58. The molecule has 15 heteroatoms. The second-order valence-corrected chi connectivity index (χ2v) is 9.43. The molecule has 40 heavy (non-hydrogen) atoms. The summed E-state index contributed by atoms with van der Waals surface area (Å²) in [5.41, 5.74) is 0.822. The van der Waals surface area contributed by atoms with E-state index >= 15 is 0 Å². The van der Waals surface area contributed by atoms with Crippen molar-refractivity contribution in [3.05, 3.63) is 76.8 Å². The second kappa shape index (κ2) is 12.0. The van der Waals surface area contributed by atoms with Crippen LogP contribution in [0.3, 0.4) is 0 Å². The monoisotopic (exact) mass is 579 g/mol. The molecule has 0 bridgehead atoms. The number of aliphatic hydroxyl groups is 2. The van der Waals surface area contributed by atoms with Crippen molar-refractivity contribution >= 4 is 29.4 Å². The Hall–Kier alpha value is -4.01. The van der Waals surface area contributed by atoms with Crippen LogP contribution in [-0.4, -0.2) is 90.6 Å². The van der Waals surface area contributed by atoms with E-state index in [9.17, 15) is 33.0 Å². The van der Waals surface area contributed by atoms with E-state index in [1.165, 1.54) is 40.2 Å². The third-order valence-corrected chi connectivity index (χ3v) is 6.39. The van der Waals surface area contributed by atoms with Gasteiger partial charge < -0.3 is 20.4 Å². The molecule has 4 rings (SSSR count). The normalized spacial score (nSPS) is 16.1. The number of likely N-dealkylation sites (tertiary alicyclic amines) is 1. The molecule has 0 saturated carbocycles. The minimum absolute atomic E-state index is 0.0709. The van der Waals surface area contributed by atoms with Gasteiger partial charge in [-0.2, -0.15) is 13.2 Å². The Labute approximate surface area is 231 Å². The van der Waals surface area contributed by atoms with Crippen molar-refractivity contribution in [1.82, 2.24) is 29.9 Å². The topological polar surface area (TPSA) is 148 Å². The third-order valence-electron chi connectivity index (χ3n) is 6.13. The number of benzene rings is 2. The number of amides is 3. The van der Waals surface area contributed by atoms with Gasteiger partial charge in [0, 0.05) is 23.7 Å². The van der Waals surface area contributed by atoms with Gasteiger partial charge in [0.1, 0.15) is 12.2 Å². The van der Waals surface area contributed by atoms with Gasteiger partial charge in [-0.25, -0.2) is 14.5 Å². The molecule has 0 aliphatic carbocycles. The van der Waals surface area contributed by atoms with Crippen molar-refractivity contribution in [2.24, 2.45) is 0 Å². The summed E-state index contributed by atoms with van der Waals surface area (Å²) in [5.74, 6) is -0.811. The molecule has 212 valence electrons. The van der Waals surface area contributed by atoms with Crippen LogP contribution in [-0.2, 0) is 6.54 Å². The second-order valence-electron chi connectivity index (χ2n) is 9.00. The number of halogens is 4. The summed E-state index contributed by atoms with van der Waals surface area (Å²) in [6, 6.07) is 11.1. The molecule has 1 saturated heterocycles. The van der Waals surface area contributed by atoms with Gasteiger partial charge in [0.25, 0.3) is 5.91 Å². The average molecular weight is 580 g/mol. The number of carbonyl (C=O) groups is 2. The number of hydrogen-bond acceptors (Lipinski definition) is 7. The van der Waals surface area contributed by atoms with E-state index in [0.29, 0.717) is 34.1 Å². The Bertz CT molecular complexity index is 1380. The molecular formula is C25H25ClF3N7O4. The minimum Gasteiger partial charge on any atom is -0.391 e. The van der Waals surface area contributed by atoms with E-state index < -0.39 is 36.8 Å². The Morgan fingerprint density at radius 3 is 2.55 bits per heavy atom. The Morgan fingerprint density at radius 1 is 1.20 bits per heavy atom. The number of alkyl halides is 3. The number of nitrogens with zero attached hydrogens (tertiary/aromatic N) is 5. The van der Waals surface area contributed by atoms with E-state index in [-0.39, 0.29) is 30.4 Å². The Balaban J connectivity index is 1.49.